The van der Waals surface area contributed by atoms with Crippen LogP contribution in [-0.4, -0.2) is 52.1 Å². The molecule has 0 aliphatic carbocycles. The summed E-state index contributed by atoms with van der Waals surface area (Å²) < 4.78 is 10.8. The van der Waals surface area contributed by atoms with Crippen molar-refractivity contribution in [1.82, 2.24) is 20.0 Å². The molecule has 3 aromatic rings. The fraction of sp³-hybridized carbons (Fsp3) is 0.455. The molecule has 0 N–H and O–H groups in total. The summed E-state index contributed by atoms with van der Waals surface area (Å²) >= 11 is 0. The molecule has 156 valence electrons. The van der Waals surface area contributed by atoms with Crippen LogP contribution in [0.3, 0.4) is 0 Å². The van der Waals surface area contributed by atoms with Crippen molar-refractivity contribution in [2.24, 2.45) is 0 Å². The van der Waals surface area contributed by atoms with Gasteiger partial charge in [0.2, 0.25) is 5.95 Å². The molecular weight excluding hydrogens is 382 g/mol. The minimum atomic E-state index is -0.0509. The van der Waals surface area contributed by atoms with Crippen molar-refractivity contribution < 1.29 is 13.7 Å². The lowest BCUT2D eigenvalue weighted by Crippen LogP contribution is -2.38. The number of hydrogen-bond donors (Lipinski definition) is 0. The third-order valence-corrected chi connectivity index (χ3v) is 5.99. The zero-order chi connectivity index (χ0) is 20.5. The van der Waals surface area contributed by atoms with E-state index >= 15 is 0 Å². The number of aryl methyl sites for hydroxylation is 1. The van der Waals surface area contributed by atoms with Crippen molar-refractivity contribution in [3.63, 3.8) is 0 Å². The van der Waals surface area contributed by atoms with Gasteiger partial charge in [0.15, 0.2) is 11.5 Å². The molecule has 0 aromatic carbocycles. The van der Waals surface area contributed by atoms with E-state index in [1.54, 1.807) is 12.1 Å². The highest BCUT2D eigenvalue weighted by Gasteiger charge is 2.30. The molecule has 5 rings (SSSR count). The first-order valence-corrected chi connectivity index (χ1v) is 10.6. The molecule has 5 heterocycles. The highest BCUT2D eigenvalue weighted by molar-refractivity contribution is 5.91. The Morgan fingerprint density at radius 1 is 1.17 bits per heavy atom. The maximum Gasteiger partial charge on any atom is 0.289 e. The van der Waals surface area contributed by atoms with Gasteiger partial charge in [0, 0.05) is 44.4 Å². The summed E-state index contributed by atoms with van der Waals surface area (Å²) in [7, 11) is 0. The van der Waals surface area contributed by atoms with Gasteiger partial charge in [-0.1, -0.05) is 5.16 Å². The van der Waals surface area contributed by atoms with Crippen LogP contribution in [0.15, 0.2) is 39.6 Å². The van der Waals surface area contributed by atoms with Crippen molar-refractivity contribution in [2.45, 2.75) is 38.5 Å². The monoisotopic (exact) mass is 407 g/mol. The van der Waals surface area contributed by atoms with Crippen molar-refractivity contribution in [3.8, 4) is 11.3 Å². The van der Waals surface area contributed by atoms with Gasteiger partial charge in [0.05, 0.1) is 23.2 Å². The summed E-state index contributed by atoms with van der Waals surface area (Å²) in [5.41, 5.74) is 2.72. The average molecular weight is 407 g/mol. The Morgan fingerprint density at radius 3 is 2.63 bits per heavy atom. The fourth-order valence-corrected chi connectivity index (χ4v) is 4.36. The first-order valence-electron chi connectivity index (χ1n) is 10.6. The van der Waals surface area contributed by atoms with Crippen LogP contribution in [0.5, 0.6) is 0 Å². The molecule has 2 aliphatic heterocycles. The van der Waals surface area contributed by atoms with Crippen LogP contribution in [0.1, 0.15) is 53.5 Å². The Hall–Kier alpha value is -3.16. The van der Waals surface area contributed by atoms with Gasteiger partial charge in [0.25, 0.3) is 5.91 Å². The van der Waals surface area contributed by atoms with Gasteiger partial charge in [-0.2, -0.15) is 0 Å². The molecule has 2 fully saturated rings. The standard InChI is InChI=1S/C22H25N5O3/c1-15-13-19(30-25-15)17-14-23-22(27-8-2-3-9-27)24-20(17)16-6-10-26(11-7-16)21(28)18-5-4-12-29-18/h4-5,12-14,16H,2-3,6-11H2,1H3. The van der Waals surface area contributed by atoms with E-state index in [0.29, 0.717) is 24.6 Å². The summed E-state index contributed by atoms with van der Waals surface area (Å²) in [5.74, 6) is 2.06. The number of piperidine rings is 1. The van der Waals surface area contributed by atoms with E-state index < -0.39 is 0 Å². The van der Waals surface area contributed by atoms with E-state index in [1.165, 1.54) is 19.1 Å². The minimum Gasteiger partial charge on any atom is -0.459 e. The molecule has 0 saturated carbocycles. The molecule has 0 radical (unpaired) electrons. The van der Waals surface area contributed by atoms with E-state index in [1.807, 2.05) is 24.1 Å². The van der Waals surface area contributed by atoms with E-state index in [9.17, 15) is 4.79 Å². The third kappa shape index (κ3) is 3.58. The van der Waals surface area contributed by atoms with Gasteiger partial charge < -0.3 is 18.7 Å². The van der Waals surface area contributed by atoms with E-state index in [0.717, 1.165) is 48.8 Å². The number of carbonyl (C=O) groups excluding carboxylic acids is 1. The maximum atomic E-state index is 12.6. The summed E-state index contributed by atoms with van der Waals surface area (Å²) in [6.07, 6.45) is 7.43. The molecule has 2 aliphatic rings. The van der Waals surface area contributed by atoms with E-state index in [4.69, 9.17) is 13.9 Å². The lowest BCUT2D eigenvalue weighted by Gasteiger charge is -2.32. The molecule has 2 saturated heterocycles. The summed E-state index contributed by atoms with van der Waals surface area (Å²) in [6.45, 7) is 5.24. The fourth-order valence-electron chi connectivity index (χ4n) is 4.36. The second-order valence-electron chi connectivity index (χ2n) is 8.04. The molecule has 0 bridgehead atoms. The van der Waals surface area contributed by atoms with Gasteiger partial charge in [-0.15, -0.1) is 0 Å². The molecule has 8 nitrogen and oxygen atoms in total. The van der Waals surface area contributed by atoms with Crippen LogP contribution in [0, 0.1) is 6.92 Å². The van der Waals surface area contributed by atoms with Gasteiger partial charge in [-0.05, 0) is 44.7 Å². The lowest BCUT2D eigenvalue weighted by atomic mass is 9.90. The molecule has 0 spiro atoms. The zero-order valence-electron chi connectivity index (χ0n) is 17.1. The topological polar surface area (TPSA) is 88.5 Å². The molecule has 8 heteroatoms. The molecule has 1 amide bonds. The summed E-state index contributed by atoms with van der Waals surface area (Å²) in [4.78, 5) is 26.3. The quantitative estimate of drug-likeness (QED) is 0.652. The second kappa shape index (κ2) is 7.93. The van der Waals surface area contributed by atoms with Crippen molar-refractivity contribution in [1.29, 1.82) is 0 Å². The molecule has 0 atom stereocenters. The first-order chi connectivity index (χ1) is 14.7. The normalized spacial score (nSPS) is 17.6. The van der Waals surface area contributed by atoms with E-state index in [-0.39, 0.29) is 11.8 Å². The van der Waals surface area contributed by atoms with Gasteiger partial charge in [-0.3, -0.25) is 4.79 Å². The SMILES string of the molecule is Cc1cc(-c2cnc(N3CCCC3)nc2C2CCN(C(=O)c3ccco3)CC2)on1. The van der Waals surface area contributed by atoms with Crippen molar-refractivity contribution in [3.05, 3.63) is 47.8 Å². The van der Waals surface area contributed by atoms with Crippen LogP contribution in [0.2, 0.25) is 0 Å². The minimum absolute atomic E-state index is 0.0509. The highest BCUT2D eigenvalue weighted by Crippen LogP contribution is 2.35. The van der Waals surface area contributed by atoms with Gasteiger partial charge >= 0.3 is 0 Å². The Balaban J connectivity index is 1.40. The van der Waals surface area contributed by atoms with Crippen LogP contribution in [0.4, 0.5) is 5.95 Å². The van der Waals surface area contributed by atoms with Crippen LogP contribution >= 0.6 is 0 Å². The number of rotatable bonds is 4. The number of furan rings is 1. The van der Waals surface area contributed by atoms with Crippen molar-refractivity contribution >= 4 is 11.9 Å². The highest BCUT2D eigenvalue weighted by atomic mass is 16.5. The Labute approximate surface area is 174 Å². The predicted molar refractivity (Wildman–Crippen MR) is 110 cm³/mol. The number of carbonyl (C=O) groups is 1. The van der Waals surface area contributed by atoms with Crippen molar-refractivity contribution in [2.75, 3.05) is 31.1 Å². The summed E-state index contributed by atoms with van der Waals surface area (Å²) in [5, 5.41) is 4.04. The Kier molecular flexibility index (Phi) is 4.98. The number of amides is 1. The smallest absolute Gasteiger partial charge is 0.289 e. The molecular formula is C22H25N5O3. The Morgan fingerprint density at radius 2 is 1.97 bits per heavy atom. The van der Waals surface area contributed by atoms with Gasteiger partial charge in [0.1, 0.15) is 0 Å². The lowest BCUT2D eigenvalue weighted by molar-refractivity contribution is 0.0680. The number of likely N-dealkylation sites (tertiary alicyclic amines) is 1. The maximum absolute atomic E-state index is 12.6. The number of aromatic nitrogens is 3. The van der Waals surface area contributed by atoms with Crippen LogP contribution in [0.25, 0.3) is 11.3 Å². The van der Waals surface area contributed by atoms with Gasteiger partial charge in [-0.25, -0.2) is 9.97 Å². The average Bonchev–Trinajstić information content (AvgIpc) is 3.56. The molecule has 0 unspecified atom stereocenters. The second-order valence-corrected chi connectivity index (χ2v) is 8.04. The molecule has 3 aromatic heterocycles. The Bertz CT molecular complexity index is 1020. The number of hydrogen-bond acceptors (Lipinski definition) is 7. The summed E-state index contributed by atoms with van der Waals surface area (Å²) in [6, 6.07) is 5.38. The number of nitrogens with zero attached hydrogens (tertiary/aromatic N) is 5. The van der Waals surface area contributed by atoms with Crippen LogP contribution in [-0.2, 0) is 0 Å². The zero-order valence-corrected chi connectivity index (χ0v) is 17.1. The van der Waals surface area contributed by atoms with E-state index in [2.05, 4.69) is 15.0 Å². The molecule has 30 heavy (non-hydrogen) atoms. The third-order valence-electron chi connectivity index (χ3n) is 5.99. The largest absolute Gasteiger partial charge is 0.459 e. The number of anilines is 1. The predicted octanol–water partition coefficient (Wildman–Crippen LogP) is 3.65. The van der Waals surface area contributed by atoms with Crippen LogP contribution < -0.4 is 4.90 Å². The first kappa shape index (κ1) is 18.8.